The van der Waals surface area contributed by atoms with Gasteiger partial charge in [-0.25, -0.2) is 0 Å². The summed E-state index contributed by atoms with van der Waals surface area (Å²) in [5.74, 6) is 0.622. The van der Waals surface area contributed by atoms with E-state index in [4.69, 9.17) is 4.42 Å². The van der Waals surface area contributed by atoms with Crippen LogP contribution in [0.3, 0.4) is 0 Å². The van der Waals surface area contributed by atoms with Gasteiger partial charge >= 0.3 is 0 Å². The van der Waals surface area contributed by atoms with Crippen LogP contribution in [-0.4, -0.2) is 71.3 Å². The van der Waals surface area contributed by atoms with Crippen LogP contribution in [0.1, 0.15) is 43.0 Å². The number of carbonyl (C=O) groups excluding carboxylic acids is 2. The molecule has 1 unspecified atom stereocenters. The smallest absolute Gasteiger partial charge is 0.257 e. The molecule has 0 spiro atoms. The SMILES string of the molecule is CC(=O)N1C(CN2CCCC2)C[C@@H]2CN(C(=O)c3ccoc3)CC[C@@H]21. The van der Waals surface area contributed by atoms with Crippen LogP contribution in [0.15, 0.2) is 23.0 Å². The highest BCUT2D eigenvalue weighted by Gasteiger charge is 2.46. The normalized spacial score (nSPS) is 29.9. The quantitative estimate of drug-likeness (QED) is 0.839. The number of likely N-dealkylation sites (tertiary alicyclic amines) is 3. The van der Waals surface area contributed by atoms with Crippen LogP contribution >= 0.6 is 0 Å². The maximum absolute atomic E-state index is 12.6. The Labute approximate surface area is 148 Å². The first kappa shape index (κ1) is 16.6. The second-order valence-electron chi connectivity index (χ2n) is 7.70. The lowest BCUT2D eigenvalue weighted by atomic mass is 9.91. The lowest BCUT2D eigenvalue weighted by Gasteiger charge is -2.38. The minimum absolute atomic E-state index is 0.0459. The molecule has 0 radical (unpaired) electrons. The first-order valence-corrected chi connectivity index (χ1v) is 9.46. The van der Waals surface area contributed by atoms with Crippen molar-refractivity contribution in [3.05, 3.63) is 24.2 Å². The monoisotopic (exact) mass is 345 g/mol. The van der Waals surface area contributed by atoms with Crippen LogP contribution in [0.4, 0.5) is 0 Å². The molecule has 25 heavy (non-hydrogen) atoms. The number of furan rings is 1. The maximum Gasteiger partial charge on any atom is 0.257 e. The zero-order valence-corrected chi connectivity index (χ0v) is 14.9. The van der Waals surface area contributed by atoms with Gasteiger partial charge in [-0.2, -0.15) is 0 Å². The van der Waals surface area contributed by atoms with Crippen molar-refractivity contribution < 1.29 is 14.0 Å². The first-order valence-electron chi connectivity index (χ1n) is 9.46. The molecule has 3 saturated heterocycles. The van der Waals surface area contributed by atoms with Crippen LogP contribution in [0.2, 0.25) is 0 Å². The number of hydrogen-bond acceptors (Lipinski definition) is 4. The fourth-order valence-electron chi connectivity index (χ4n) is 5.02. The Morgan fingerprint density at radius 1 is 1.24 bits per heavy atom. The molecule has 0 aromatic carbocycles. The van der Waals surface area contributed by atoms with E-state index in [0.717, 1.165) is 39.0 Å². The lowest BCUT2D eigenvalue weighted by Crippen LogP contribution is -2.51. The number of nitrogens with zero attached hydrogens (tertiary/aromatic N) is 3. The second-order valence-corrected chi connectivity index (χ2v) is 7.70. The summed E-state index contributed by atoms with van der Waals surface area (Å²) < 4.78 is 5.05. The molecule has 2 amide bonds. The Bertz CT molecular complexity index is 624. The van der Waals surface area contributed by atoms with Crippen molar-refractivity contribution >= 4 is 11.8 Å². The summed E-state index contributed by atoms with van der Waals surface area (Å²) in [5, 5.41) is 0. The molecule has 3 fully saturated rings. The van der Waals surface area contributed by atoms with Gasteiger partial charge in [0.25, 0.3) is 5.91 Å². The van der Waals surface area contributed by atoms with Gasteiger partial charge in [-0.1, -0.05) is 0 Å². The highest BCUT2D eigenvalue weighted by molar-refractivity contribution is 5.93. The molecule has 4 heterocycles. The number of amides is 2. The molecule has 0 aliphatic carbocycles. The molecule has 6 nitrogen and oxygen atoms in total. The lowest BCUT2D eigenvalue weighted by molar-refractivity contribution is -0.132. The van der Waals surface area contributed by atoms with Crippen molar-refractivity contribution in [2.24, 2.45) is 5.92 Å². The Morgan fingerprint density at radius 3 is 2.72 bits per heavy atom. The van der Waals surface area contributed by atoms with Gasteiger partial charge in [-0.15, -0.1) is 0 Å². The van der Waals surface area contributed by atoms with Crippen LogP contribution in [0, 0.1) is 5.92 Å². The molecule has 3 aliphatic heterocycles. The van der Waals surface area contributed by atoms with Crippen molar-refractivity contribution in [2.45, 2.75) is 44.7 Å². The summed E-state index contributed by atoms with van der Waals surface area (Å²) in [6.45, 7) is 6.45. The van der Waals surface area contributed by atoms with E-state index in [2.05, 4.69) is 9.80 Å². The van der Waals surface area contributed by atoms with Crippen LogP contribution in [-0.2, 0) is 4.79 Å². The fraction of sp³-hybridized carbons (Fsp3) is 0.684. The predicted molar refractivity (Wildman–Crippen MR) is 93.1 cm³/mol. The van der Waals surface area contributed by atoms with Crippen molar-refractivity contribution in [1.29, 1.82) is 0 Å². The summed E-state index contributed by atoms with van der Waals surface area (Å²) >= 11 is 0. The van der Waals surface area contributed by atoms with E-state index in [1.165, 1.54) is 19.1 Å². The molecule has 0 N–H and O–H groups in total. The fourth-order valence-corrected chi connectivity index (χ4v) is 5.02. The van der Waals surface area contributed by atoms with Crippen molar-refractivity contribution in [2.75, 3.05) is 32.7 Å². The van der Waals surface area contributed by atoms with Crippen LogP contribution < -0.4 is 0 Å². The van der Waals surface area contributed by atoms with E-state index < -0.39 is 0 Å². The molecule has 6 heteroatoms. The number of piperidine rings is 1. The highest BCUT2D eigenvalue weighted by Crippen LogP contribution is 2.36. The molecule has 1 aromatic rings. The third kappa shape index (κ3) is 3.19. The Morgan fingerprint density at radius 2 is 2.04 bits per heavy atom. The number of hydrogen-bond donors (Lipinski definition) is 0. The van der Waals surface area contributed by atoms with Crippen LogP contribution in [0.5, 0.6) is 0 Å². The predicted octanol–water partition coefficient (Wildman–Crippen LogP) is 1.83. The molecule has 0 bridgehead atoms. The van der Waals surface area contributed by atoms with Gasteiger partial charge in [0, 0.05) is 38.6 Å². The third-order valence-electron chi connectivity index (χ3n) is 6.11. The van der Waals surface area contributed by atoms with E-state index in [0.29, 0.717) is 30.1 Å². The third-order valence-corrected chi connectivity index (χ3v) is 6.11. The average molecular weight is 345 g/mol. The van der Waals surface area contributed by atoms with E-state index >= 15 is 0 Å². The average Bonchev–Trinajstić information content (AvgIpc) is 3.34. The Kier molecular flexibility index (Phi) is 4.54. The standard InChI is InChI=1S/C19H27N3O3/c1-14(23)22-17(12-20-6-2-3-7-20)10-16-11-21(8-4-18(16)22)19(24)15-5-9-25-13-15/h5,9,13,16-18H,2-4,6-8,10-12H2,1H3/t16-,17?,18+/m1/s1. The highest BCUT2D eigenvalue weighted by atomic mass is 16.3. The zero-order chi connectivity index (χ0) is 17.4. The van der Waals surface area contributed by atoms with Gasteiger partial charge in [-0.3, -0.25) is 9.59 Å². The van der Waals surface area contributed by atoms with Crippen molar-refractivity contribution in [3.8, 4) is 0 Å². The zero-order valence-electron chi connectivity index (χ0n) is 14.9. The van der Waals surface area contributed by atoms with E-state index in [1.807, 2.05) is 4.90 Å². The largest absolute Gasteiger partial charge is 0.472 e. The van der Waals surface area contributed by atoms with Gasteiger partial charge < -0.3 is 19.1 Å². The molecule has 1 aromatic heterocycles. The summed E-state index contributed by atoms with van der Waals surface area (Å²) in [7, 11) is 0. The summed E-state index contributed by atoms with van der Waals surface area (Å²) in [5.41, 5.74) is 0.619. The number of carbonyl (C=O) groups is 2. The van der Waals surface area contributed by atoms with Gasteiger partial charge in [0.1, 0.15) is 6.26 Å². The molecule has 0 saturated carbocycles. The van der Waals surface area contributed by atoms with E-state index in [1.54, 1.807) is 19.3 Å². The van der Waals surface area contributed by atoms with Crippen molar-refractivity contribution in [3.63, 3.8) is 0 Å². The molecule has 4 rings (SSSR count). The molecular formula is C19H27N3O3. The van der Waals surface area contributed by atoms with Gasteiger partial charge in [-0.05, 0) is 50.8 Å². The second kappa shape index (κ2) is 6.83. The summed E-state index contributed by atoms with van der Waals surface area (Å²) in [6, 6.07) is 2.31. The molecule has 3 atom stereocenters. The van der Waals surface area contributed by atoms with Crippen LogP contribution in [0.25, 0.3) is 0 Å². The number of rotatable bonds is 3. The van der Waals surface area contributed by atoms with E-state index in [-0.39, 0.29) is 11.8 Å². The number of fused-ring (bicyclic) bond motifs is 1. The summed E-state index contributed by atoms with van der Waals surface area (Å²) in [4.78, 5) is 31.5. The molecular weight excluding hydrogens is 318 g/mol. The minimum atomic E-state index is 0.0459. The van der Waals surface area contributed by atoms with Crippen molar-refractivity contribution in [1.82, 2.24) is 14.7 Å². The molecule has 3 aliphatic rings. The molecule has 136 valence electrons. The first-order chi connectivity index (χ1) is 12.1. The van der Waals surface area contributed by atoms with Gasteiger partial charge in [0.05, 0.1) is 11.8 Å². The summed E-state index contributed by atoms with van der Waals surface area (Å²) in [6.07, 6.45) is 7.49. The van der Waals surface area contributed by atoms with Gasteiger partial charge in [0.15, 0.2) is 0 Å². The Hall–Kier alpha value is -1.82. The maximum atomic E-state index is 12.6. The van der Waals surface area contributed by atoms with E-state index in [9.17, 15) is 9.59 Å². The Balaban J connectivity index is 1.45. The topological polar surface area (TPSA) is 57.0 Å². The minimum Gasteiger partial charge on any atom is -0.472 e. The van der Waals surface area contributed by atoms with Gasteiger partial charge in [0.2, 0.25) is 5.91 Å².